The van der Waals surface area contributed by atoms with E-state index in [4.69, 9.17) is 23.5 Å². The third-order valence-corrected chi connectivity index (χ3v) is 10.4. The lowest BCUT2D eigenvalue weighted by Crippen LogP contribution is -2.55. The fraction of sp³-hybridized carbons (Fsp3) is 0.333. The topological polar surface area (TPSA) is 152 Å². The predicted octanol–water partition coefficient (Wildman–Crippen LogP) is 5.88. The molecule has 0 saturated carbocycles. The van der Waals surface area contributed by atoms with Crippen molar-refractivity contribution in [2.75, 3.05) is 5.32 Å². The summed E-state index contributed by atoms with van der Waals surface area (Å²) < 4.78 is 20.0. The number of carbonyl (C=O) groups excluding carboxylic acids is 2. The molecule has 3 aromatic carbocycles. The van der Waals surface area contributed by atoms with Gasteiger partial charge in [0.05, 0.1) is 6.20 Å². The first-order valence-corrected chi connectivity index (χ1v) is 17.2. The number of carbonyl (C=O) groups is 2. The monoisotopic (exact) mass is 673 g/mol. The van der Waals surface area contributed by atoms with Gasteiger partial charge < -0.3 is 34.6 Å². The van der Waals surface area contributed by atoms with Crippen molar-refractivity contribution in [3.05, 3.63) is 107 Å². The number of aromatic nitrogens is 2. The Labute approximate surface area is 289 Å². The van der Waals surface area contributed by atoms with E-state index in [9.17, 15) is 14.7 Å². The van der Waals surface area contributed by atoms with Crippen LogP contribution >= 0.6 is 0 Å². The molecule has 5 aromatic rings. The van der Waals surface area contributed by atoms with Crippen LogP contribution in [0.5, 0.6) is 5.75 Å². The van der Waals surface area contributed by atoms with Crippen LogP contribution in [0.15, 0.2) is 87.8 Å². The van der Waals surface area contributed by atoms with Gasteiger partial charge in [0.25, 0.3) is 5.91 Å². The zero-order valence-electron chi connectivity index (χ0n) is 28.3. The lowest BCUT2D eigenvalue weighted by Gasteiger charge is -2.30. The Kier molecular flexibility index (Phi) is 7.56. The van der Waals surface area contributed by atoms with E-state index in [2.05, 4.69) is 22.0 Å². The van der Waals surface area contributed by atoms with Crippen LogP contribution in [-0.4, -0.2) is 44.8 Å². The molecule has 11 nitrogen and oxygen atoms in total. The highest BCUT2D eigenvalue weighted by molar-refractivity contribution is 5.91. The van der Waals surface area contributed by atoms with E-state index in [1.54, 1.807) is 20.0 Å². The second-order valence-electron chi connectivity index (χ2n) is 13.7. The van der Waals surface area contributed by atoms with E-state index >= 15 is 0 Å². The van der Waals surface area contributed by atoms with Gasteiger partial charge in [0.2, 0.25) is 17.7 Å². The summed E-state index contributed by atoms with van der Waals surface area (Å²) in [5.74, 6) is 1.06. The molecule has 3 aliphatic heterocycles. The number of nitrogens with one attached hydrogen (secondary N) is 3. The lowest BCUT2D eigenvalue weighted by molar-refractivity contribution is -0.143. The average molecular weight is 674 g/mol. The maximum atomic E-state index is 14.2. The minimum Gasteiger partial charge on any atom is -0.469 e. The highest BCUT2D eigenvalue weighted by Crippen LogP contribution is 2.59. The fourth-order valence-corrected chi connectivity index (χ4v) is 7.43. The number of amides is 2. The van der Waals surface area contributed by atoms with Crippen molar-refractivity contribution in [3.63, 3.8) is 0 Å². The van der Waals surface area contributed by atoms with E-state index in [-0.39, 0.29) is 37.0 Å². The zero-order chi connectivity index (χ0) is 34.8. The molecule has 8 rings (SSSR count). The van der Waals surface area contributed by atoms with Gasteiger partial charge in [0.1, 0.15) is 28.8 Å². The molecule has 0 fully saturated rings. The van der Waals surface area contributed by atoms with Crippen LogP contribution < -0.4 is 20.7 Å². The predicted molar refractivity (Wildman–Crippen MR) is 185 cm³/mol. The van der Waals surface area contributed by atoms with E-state index in [0.717, 1.165) is 27.9 Å². The summed E-state index contributed by atoms with van der Waals surface area (Å²) in [5, 5.41) is 20.6. The summed E-state index contributed by atoms with van der Waals surface area (Å²) >= 11 is 0. The third-order valence-electron chi connectivity index (χ3n) is 10.4. The standard InChI is InChI=1S/C39H39N5O6/c1-5-38(47,6-2)36(46)41-27-19-22-16-17-28-25(18-22)39(24-14-10-11-15-26(24)42-37(39)49-28)32-31(44-35(50-32)30(21(3)4)43-33(27)45)34-40-20-29(48-34)23-12-8-7-9-13-23/h7-18,20-21,27,30,37,42,47H,5-6,19H2,1-4H3,(H,41,46)(H,43,45)/t27-,30-,37-,39?/m0/s1. The summed E-state index contributed by atoms with van der Waals surface area (Å²) in [6, 6.07) is 21.8. The fourth-order valence-electron chi connectivity index (χ4n) is 7.43. The van der Waals surface area contributed by atoms with Crippen LogP contribution in [0, 0.1) is 5.92 Å². The van der Waals surface area contributed by atoms with E-state index < -0.39 is 41.1 Å². The lowest BCUT2D eigenvalue weighted by atomic mass is 9.72. The van der Waals surface area contributed by atoms with Gasteiger partial charge in [0.15, 0.2) is 23.4 Å². The molecular weight excluding hydrogens is 634 g/mol. The van der Waals surface area contributed by atoms with Crippen molar-refractivity contribution >= 4 is 17.5 Å². The number of aliphatic hydroxyl groups is 1. The maximum absolute atomic E-state index is 14.2. The van der Waals surface area contributed by atoms with E-state index in [1.807, 2.05) is 80.6 Å². The molecule has 1 unspecified atom stereocenters. The molecule has 256 valence electrons. The Bertz CT molecular complexity index is 2100. The Morgan fingerprint density at radius 1 is 1.02 bits per heavy atom. The van der Waals surface area contributed by atoms with Crippen LogP contribution in [0.1, 0.15) is 74.9 Å². The van der Waals surface area contributed by atoms with Crippen molar-refractivity contribution in [3.8, 4) is 28.7 Å². The highest BCUT2D eigenvalue weighted by Gasteiger charge is 2.61. The van der Waals surface area contributed by atoms with Crippen LogP contribution in [-0.2, 0) is 21.4 Å². The number of anilines is 1. The number of rotatable bonds is 7. The Morgan fingerprint density at radius 3 is 2.54 bits per heavy atom. The van der Waals surface area contributed by atoms with Crippen LogP contribution in [0.3, 0.4) is 0 Å². The van der Waals surface area contributed by atoms with Crippen LogP contribution in [0.2, 0.25) is 0 Å². The van der Waals surface area contributed by atoms with Crippen molar-refractivity contribution in [2.24, 2.45) is 5.92 Å². The third kappa shape index (κ3) is 4.82. The number of para-hydroxylation sites is 1. The zero-order valence-corrected chi connectivity index (χ0v) is 28.3. The number of oxazole rings is 2. The summed E-state index contributed by atoms with van der Waals surface area (Å²) in [5.41, 5.74) is 2.07. The Morgan fingerprint density at radius 2 is 1.78 bits per heavy atom. The Hall–Kier alpha value is -5.42. The molecule has 0 saturated heterocycles. The summed E-state index contributed by atoms with van der Waals surface area (Å²) in [6.07, 6.45) is 1.67. The van der Waals surface area contributed by atoms with E-state index in [0.29, 0.717) is 23.0 Å². The van der Waals surface area contributed by atoms with Crippen LogP contribution in [0.4, 0.5) is 5.69 Å². The summed E-state index contributed by atoms with van der Waals surface area (Å²) in [7, 11) is 0. The average Bonchev–Trinajstić information content (AvgIpc) is 3.91. The summed E-state index contributed by atoms with van der Waals surface area (Å²) in [6.45, 7) is 7.42. The molecule has 3 aliphatic rings. The summed E-state index contributed by atoms with van der Waals surface area (Å²) in [4.78, 5) is 37.4. The Balaban J connectivity index is 1.35. The first-order valence-electron chi connectivity index (χ1n) is 17.2. The maximum Gasteiger partial charge on any atom is 0.252 e. The molecule has 0 radical (unpaired) electrons. The van der Waals surface area contributed by atoms with Gasteiger partial charge in [-0.3, -0.25) is 9.59 Å². The van der Waals surface area contributed by atoms with Gasteiger partial charge in [-0.15, -0.1) is 0 Å². The number of hydrogen-bond acceptors (Lipinski definition) is 9. The molecule has 2 aromatic heterocycles. The van der Waals surface area contributed by atoms with Gasteiger partial charge in [0, 0.05) is 23.2 Å². The minimum atomic E-state index is -1.61. The number of ether oxygens (including phenoxy) is 1. The SMILES string of the molecule is CCC(O)(CC)C(=O)N[C@H]1Cc2ccc3c(c2)C2(c4ccccc4N[C@H]2O3)c2oc(nc2-c2ncc(-c3ccccc3)o2)[C@H](C(C)C)NC1=O. The van der Waals surface area contributed by atoms with Gasteiger partial charge in [-0.1, -0.05) is 88.4 Å². The number of nitrogens with zero attached hydrogens (tertiary/aromatic N) is 2. The first kappa shape index (κ1) is 31.8. The quantitative estimate of drug-likeness (QED) is 0.166. The molecule has 2 amide bonds. The molecule has 0 aliphatic carbocycles. The van der Waals surface area contributed by atoms with Crippen molar-refractivity contribution in [1.29, 1.82) is 0 Å². The number of hydrogen-bond donors (Lipinski definition) is 4. The molecule has 1 spiro atoms. The number of benzene rings is 3. The van der Waals surface area contributed by atoms with E-state index in [1.165, 1.54) is 0 Å². The largest absolute Gasteiger partial charge is 0.469 e. The normalized spacial score (nSPS) is 22.0. The smallest absolute Gasteiger partial charge is 0.252 e. The molecular formula is C39H39N5O6. The first-order chi connectivity index (χ1) is 24.2. The van der Waals surface area contributed by atoms with Gasteiger partial charge in [-0.25, -0.2) is 9.97 Å². The highest BCUT2D eigenvalue weighted by atomic mass is 16.5. The minimum absolute atomic E-state index is 0.166. The molecule has 50 heavy (non-hydrogen) atoms. The second kappa shape index (κ2) is 11.9. The molecule has 5 heterocycles. The van der Waals surface area contributed by atoms with Crippen LogP contribution in [0.25, 0.3) is 22.9 Å². The molecule has 4 N–H and O–H groups in total. The van der Waals surface area contributed by atoms with Gasteiger partial charge >= 0.3 is 0 Å². The molecule has 11 heteroatoms. The van der Waals surface area contributed by atoms with Crippen molar-refractivity contribution in [1.82, 2.24) is 20.6 Å². The van der Waals surface area contributed by atoms with Crippen molar-refractivity contribution in [2.45, 2.75) is 76.3 Å². The van der Waals surface area contributed by atoms with Crippen molar-refractivity contribution < 1.29 is 28.3 Å². The van der Waals surface area contributed by atoms with Gasteiger partial charge in [-0.05, 0) is 42.0 Å². The second-order valence-corrected chi connectivity index (χ2v) is 13.7. The number of fused-ring (bicyclic) bond motifs is 4. The van der Waals surface area contributed by atoms with Gasteiger partial charge in [-0.2, -0.15) is 0 Å². The molecule has 4 atom stereocenters. The molecule has 4 bridgehead atoms.